The van der Waals surface area contributed by atoms with Gasteiger partial charge in [0.15, 0.2) is 0 Å². The van der Waals surface area contributed by atoms with Gasteiger partial charge in [0.25, 0.3) is 5.69 Å². The van der Waals surface area contributed by atoms with Crippen LogP contribution in [0.15, 0.2) is 42.5 Å². The minimum absolute atomic E-state index is 0.0461. The zero-order valence-corrected chi connectivity index (χ0v) is 17.6. The molecule has 10 nitrogen and oxygen atoms in total. The van der Waals surface area contributed by atoms with E-state index in [1.54, 1.807) is 24.3 Å². The third-order valence-corrected chi connectivity index (χ3v) is 5.36. The molecule has 0 spiro atoms. The lowest BCUT2D eigenvalue weighted by molar-refractivity contribution is -0.384. The molecule has 0 unspecified atom stereocenters. The lowest BCUT2D eigenvalue weighted by Crippen LogP contribution is -2.32. The zero-order valence-electron chi connectivity index (χ0n) is 16.8. The summed E-state index contributed by atoms with van der Waals surface area (Å²) in [7, 11) is -0.893. The molecule has 0 fully saturated rings. The Morgan fingerprint density at radius 3 is 2.33 bits per heavy atom. The lowest BCUT2D eigenvalue weighted by Gasteiger charge is -2.24. The molecule has 162 valence electrons. The first kappa shape index (κ1) is 22.9. The number of nitrogens with one attached hydrogen (secondary N) is 1. The number of nitrogens with zero attached hydrogens (tertiary/aromatic N) is 2. The number of amides is 1. The first-order valence-corrected chi connectivity index (χ1v) is 10.7. The number of rotatable bonds is 10. The van der Waals surface area contributed by atoms with E-state index in [2.05, 4.69) is 5.32 Å². The SMILES string of the molecule is COc1ccc(NC(=O)CCCN(c2cc([N+](=O)[O-])ccc2OC)S(C)(=O)=O)cc1. The van der Waals surface area contributed by atoms with Gasteiger partial charge in [0.2, 0.25) is 15.9 Å². The van der Waals surface area contributed by atoms with Crippen LogP contribution < -0.4 is 19.1 Å². The van der Waals surface area contributed by atoms with Crippen LogP contribution in [0.5, 0.6) is 11.5 Å². The van der Waals surface area contributed by atoms with Crippen molar-refractivity contribution in [3.8, 4) is 11.5 Å². The van der Waals surface area contributed by atoms with E-state index < -0.39 is 14.9 Å². The average Bonchev–Trinajstić information content (AvgIpc) is 2.70. The molecular weight excluding hydrogens is 414 g/mol. The molecule has 0 aliphatic heterocycles. The van der Waals surface area contributed by atoms with Crippen LogP contribution in [-0.2, 0) is 14.8 Å². The standard InChI is InChI=1S/C19H23N3O7S/c1-28-16-9-6-14(7-10-16)20-19(23)5-4-12-21(30(3,26)27)17-13-15(22(24)25)8-11-18(17)29-2/h6-11,13H,4-5,12H2,1-3H3,(H,20,23). The van der Waals surface area contributed by atoms with E-state index in [1.165, 1.54) is 26.4 Å². The number of nitro benzene ring substituents is 1. The van der Waals surface area contributed by atoms with Gasteiger partial charge < -0.3 is 14.8 Å². The summed E-state index contributed by atoms with van der Waals surface area (Å²) in [4.78, 5) is 22.6. The van der Waals surface area contributed by atoms with E-state index in [0.717, 1.165) is 16.6 Å². The van der Waals surface area contributed by atoms with E-state index >= 15 is 0 Å². The number of methoxy groups -OCH3 is 2. The van der Waals surface area contributed by atoms with E-state index in [9.17, 15) is 23.3 Å². The topological polar surface area (TPSA) is 128 Å². The molecule has 30 heavy (non-hydrogen) atoms. The smallest absolute Gasteiger partial charge is 0.271 e. The van der Waals surface area contributed by atoms with Gasteiger partial charge in [0.1, 0.15) is 17.2 Å². The van der Waals surface area contributed by atoms with Crippen molar-refractivity contribution in [3.63, 3.8) is 0 Å². The Hall–Kier alpha value is -3.34. The molecule has 1 N–H and O–H groups in total. The number of nitro groups is 1. The number of hydrogen-bond donors (Lipinski definition) is 1. The molecular formula is C19H23N3O7S. The van der Waals surface area contributed by atoms with Crippen molar-refractivity contribution in [1.29, 1.82) is 0 Å². The van der Waals surface area contributed by atoms with Crippen molar-refractivity contribution in [3.05, 3.63) is 52.6 Å². The molecule has 0 bridgehead atoms. The second-order valence-corrected chi connectivity index (χ2v) is 8.24. The second-order valence-electron chi connectivity index (χ2n) is 6.33. The molecule has 0 aromatic heterocycles. The highest BCUT2D eigenvalue weighted by Gasteiger charge is 2.24. The first-order valence-electron chi connectivity index (χ1n) is 8.89. The van der Waals surface area contributed by atoms with Crippen LogP contribution in [0.3, 0.4) is 0 Å². The summed E-state index contributed by atoms with van der Waals surface area (Å²) in [5.41, 5.74) is 0.364. The molecule has 2 rings (SSSR count). The summed E-state index contributed by atoms with van der Waals surface area (Å²) in [5.74, 6) is 0.538. The predicted octanol–water partition coefficient (Wildman–Crippen LogP) is 2.80. The normalized spacial score (nSPS) is 10.9. The highest BCUT2D eigenvalue weighted by molar-refractivity contribution is 7.92. The van der Waals surface area contributed by atoms with E-state index in [1.807, 2.05) is 0 Å². The Kier molecular flexibility index (Phi) is 7.59. The Morgan fingerprint density at radius 1 is 1.13 bits per heavy atom. The Labute approximate surface area is 174 Å². The minimum atomic E-state index is -3.77. The Morgan fingerprint density at radius 2 is 1.80 bits per heavy atom. The highest BCUT2D eigenvalue weighted by Crippen LogP contribution is 2.33. The van der Waals surface area contributed by atoms with Gasteiger partial charge in [-0.1, -0.05) is 0 Å². The summed E-state index contributed by atoms with van der Waals surface area (Å²) >= 11 is 0. The largest absolute Gasteiger partial charge is 0.497 e. The number of benzene rings is 2. The van der Waals surface area contributed by atoms with Crippen LogP contribution >= 0.6 is 0 Å². The monoisotopic (exact) mass is 437 g/mol. The molecule has 2 aromatic carbocycles. The fraction of sp³-hybridized carbons (Fsp3) is 0.316. The van der Waals surface area contributed by atoms with Crippen LogP contribution in [0.25, 0.3) is 0 Å². The van der Waals surface area contributed by atoms with Crippen molar-refractivity contribution < 1.29 is 27.6 Å². The summed E-state index contributed by atoms with van der Waals surface area (Å²) in [6.07, 6.45) is 1.24. The van der Waals surface area contributed by atoms with Crippen molar-refractivity contribution in [2.75, 3.05) is 36.6 Å². The molecule has 0 atom stereocenters. The fourth-order valence-corrected chi connectivity index (χ4v) is 3.69. The van der Waals surface area contributed by atoms with Gasteiger partial charge in [-0.2, -0.15) is 0 Å². The number of hydrogen-bond acceptors (Lipinski definition) is 7. The molecule has 0 radical (unpaired) electrons. The summed E-state index contributed by atoms with van der Waals surface area (Å²) < 4.78 is 35.8. The molecule has 11 heteroatoms. The summed E-state index contributed by atoms with van der Waals surface area (Å²) in [6, 6.07) is 10.5. The average molecular weight is 437 g/mol. The molecule has 0 saturated carbocycles. The van der Waals surface area contributed by atoms with Gasteiger partial charge in [-0.3, -0.25) is 19.2 Å². The van der Waals surface area contributed by atoms with Crippen LogP contribution in [-0.4, -0.2) is 46.3 Å². The number of ether oxygens (including phenoxy) is 2. The quantitative estimate of drug-likeness (QED) is 0.447. The zero-order chi connectivity index (χ0) is 22.3. The van der Waals surface area contributed by atoms with E-state index in [-0.39, 0.29) is 42.4 Å². The minimum Gasteiger partial charge on any atom is -0.497 e. The third-order valence-electron chi connectivity index (χ3n) is 4.18. The summed E-state index contributed by atoms with van der Waals surface area (Å²) in [5, 5.41) is 13.8. The first-order chi connectivity index (χ1) is 14.2. The van der Waals surface area contributed by atoms with Gasteiger partial charge in [-0.05, 0) is 36.8 Å². The molecule has 0 aliphatic rings. The molecule has 1 amide bonds. The summed E-state index contributed by atoms with van der Waals surface area (Å²) in [6.45, 7) is -0.0492. The van der Waals surface area contributed by atoms with Gasteiger partial charge in [0, 0.05) is 30.8 Å². The Bertz CT molecular complexity index is 1010. The molecule has 0 saturated heterocycles. The highest BCUT2D eigenvalue weighted by atomic mass is 32.2. The van der Waals surface area contributed by atoms with Crippen LogP contribution in [0, 0.1) is 10.1 Å². The van der Waals surface area contributed by atoms with Gasteiger partial charge in [-0.15, -0.1) is 0 Å². The lowest BCUT2D eigenvalue weighted by atomic mass is 10.2. The van der Waals surface area contributed by atoms with Crippen molar-refractivity contribution in [1.82, 2.24) is 0 Å². The predicted molar refractivity (Wildman–Crippen MR) is 113 cm³/mol. The van der Waals surface area contributed by atoms with Gasteiger partial charge in [0.05, 0.1) is 25.4 Å². The van der Waals surface area contributed by atoms with Gasteiger partial charge in [-0.25, -0.2) is 8.42 Å². The van der Waals surface area contributed by atoms with Crippen molar-refractivity contribution >= 4 is 33.0 Å². The van der Waals surface area contributed by atoms with Crippen LogP contribution in [0.2, 0.25) is 0 Å². The maximum absolute atomic E-state index is 12.3. The molecule has 0 heterocycles. The third kappa shape index (κ3) is 6.08. The van der Waals surface area contributed by atoms with Crippen molar-refractivity contribution in [2.24, 2.45) is 0 Å². The number of anilines is 2. The number of non-ortho nitro benzene ring substituents is 1. The maximum atomic E-state index is 12.3. The maximum Gasteiger partial charge on any atom is 0.271 e. The number of carbonyl (C=O) groups is 1. The van der Waals surface area contributed by atoms with E-state index in [0.29, 0.717) is 11.4 Å². The van der Waals surface area contributed by atoms with E-state index in [4.69, 9.17) is 9.47 Å². The number of sulfonamides is 1. The van der Waals surface area contributed by atoms with Gasteiger partial charge >= 0.3 is 0 Å². The fourth-order valence-electron chi connectivity index (χ4n) is 2.73. The van der Waals surface area contributed by atoms with Crippen LogP contribution in [0.1, 0.15) is 12.8 Å². The molecule has 0 aliphatic carbocycles. The second kappa shape index (κ2) is 9.92. The Balaban J connectivity index is 2.10. The molecule has 2 aromatic rings. The van der Waals surface area contributed by atoms with Crippen molar-refractivity contribution in [2.45, 2.75) is 12.8 Å². The van der Waals surface area contributed by atoms with Crippen LogP contribution in [0.4, 0.5) is 17.1 Å². The number of carbonyl (C=O) groups excluding carboxylic acids is 1.